The fraction of sp³-hybridized carbons (Fsp3) is 0.308. The Bertz CT molecular complexity index is 578. The van der Waals surface area contributed by atoms with Crippen molar-refractivity contribution in [2.24, 2.45) is 0 Å². The average Bonchev–Trinajstić information content (AvgIpc) is 2.45. The van der Waals surface area contributed by atoms with Gasteiger partial charge in [-0.05, 0) is 25.1 Å². The highest BCUT2D eigenvalue weighted by Crippen LogP contribution is 2.23. The van der Waals surface area contributed by atoms with Crippen LogP contribution in [0.5, 0.6) is 0 Å². The molecule has 0 spiro atoms. The van der Waals surface area contributed by atoms with Crippen LogP contribution in [-0.4, -0.2) is 30.5 Å². The lowest BCUT2D eigenvalue weighted by molar-refractivity contribution is -0.385. The SMILES string of the molecule is Cl.O=C(NCC1=CCNCC1)c1ccc(Br)cc1[N+](=O)[O-]. The normalized spacial score (nSPS) is 13.9. The van der Waals surface area contributed by atoms with Crippen molar-refractivity contribution in [2.75, 3.05) is 19.6 Å². The second kappa shape index (κ2) is 8.11. The number of benzene rings is 1. The second-order valence-electron chi connectivity index (χ2n) is 4.42. The molecule has 0 atom stereocenters. The molecule has 1 heterocycles. The molecule has 1 aliphatic heterocycles. The molecule has 114 valence electrons. The quantitative estimate of drug-likeness (QED) is 0.480. The van der Waals surface area contributed by atoms with Gasteiger partial charge >= 0.3 is 0 Å². The number of nitrogens with one attached hydrogen (secondary N) is 2. The summed E-state index contributed by atoms with van der Waals surface area (Å²) in [6.07, 6.45) is 2.91. The number of rotatable bonds is 4. The molecule has 1 aromatic carbocycles. The van der Waals surface area contributed by atoms with E-state index in [4.69, 9.17) is 0 Å². The topological polar surface area (TPSA) is 84.3 Å². The largest absolute Gasteiger partial charge is 0.348 e. The van der Waals surface area contributed by atoms with Crippen molar-refractivity contribution in [3.63, 3.8) is 0 Å². The first-order chi connectivity index (χ1) is 9.58. The van der Waals surface area contributed by atoms with Gasteiger partial charge in [-0.2, -0.15) is 0 Å². The minimum Gasteiger partial charge on any atom is -0.348 e. The van der Waals surface area contributed by atoms with Crippen LogP contribution in [-0.2, 0) is 0 Å². The molecule has 0 saturated heterocycles. The van der Waals surface area contributed by atoms with Crippen LogP contribution in [0.25, 0.3) is 0 Å². The minimum absolute atomic E-state index is 0. The molecule has 2 N–H and O–H groups in total. The van der Waals surface area contributed by atoms with Crippen LogP contribution < -0.4 is 10.6 Å². The second-order valence-corrected chi connectivity index (χ2v) is 5.33. The van der Waals surface area contributed by atoms with Crippen LogP contribution in [0.1, 0.15) is 16.8 Å². The first-order valence-electron chi connectivity index (χ1n) is 6.18. The Morgan fingerprint density at radius 1 is 1.48 bits per heavy atom. The van der Waals surface area contributed by atoms with Crippen LogP contribution in [0, 0.1) is 10.1 Å². The van der Waals surface area contributed by atoms with Gasteiger partial charge in [0.2, 0.25) is 0 Å². The average molecular weight is 377 g/mol. The Labute approximate surface area is 136 Å². The standard InChI is InChI=1S/C13H14BrN3O3.ClH/c14-10-1-2-11(12(7-10)17(19)20)13(18)16-8-9-3-5-15-6-4-9;/h1-3,7,15H,4-6,8H2,(H,16,18);1H. The number of hydrogen-bond donors (Lipinski definition) is 2. The molecule has 8 heteroatoms. The zero-order valence-corrected chi connectivity index (χ0v) is 13.5. The van der Waals surface area contributed by atoms with E-state index in [1.165, 1.54) is 12.1 Å². The molecule has 1 aliphatic rings. The fourth-order valence-corrected chi connectivity index (χ4v) is 2.32. The first-order valence-corrected chi connectivity index (χ1v) is 6.98. The number of hydrogen-bond acceptors (Lipinski definition) is 4. The molecular weight excluding hydrogens is 362 g/mol. The van der Waals surface area contributed by atoms with Gasteiger partial charge in [-0.1, -0.05) is 27.6 Å². The van der Waals surface area contributed by atoms with E-state index in [2.05, 4.69) is 26.6 Å². The summed E-state index contributed by atoms with van der Waals surface area (Å²) in [7, 11) is 0. The Kier molecular flexibility index (Phi) is 6.80. The highest BCUT2D eigenvalue weighted by Gasteiger charge is 2.20. The zero-order valence-electron chi connectivity index (χ0n) is 11.1. The van der Waals surface area contributed by atoms with Crippen LogP contribution in [0.15, 0.2) is 34.3 Å². The van der Waals surface area contributed by atoms with Crippen molar-refractivity contribution in [2.45, 2.75) is 6.42 Å². The lowest BCUT2D eigenvalue weighted by Crippen LogP contribution is -2.30. The van der Waals surface area contributed by atoms with E-state index < -0.39 is 10.8 Å². The number of carbonyl (C=O) groups is 1. The highest BCUT2D eigenvalue weighted by molar-refractivity contribution is 9.10. The van der Waals surface area contributed by atoms with Gasteiger partial charge in [-0.3, -0.25) is 14.9 Å². The van der Waals surface area contributed by atoms with Gasteiger partial charge in [0.25, 0.3) is 11.6 Å². The van der Waals surface area contributed by atoms with Crippen LogP contribution in [0.4, 0.5) is 5.69 Å². The van der Waals surface area contributed by atoms with Crippen molar-refractivity contribution < 1.29 is 9.72 Å². The van der Waals surface area contributed by atoms with Crippen molar-refractivity contribution >= 4 is 39.9 Å². The summed E-state index contributed by atoms with van der Waals surface area (Å²) < 4.78 is 0.571. The smallest absolute Gasteiger partial charge is 0.283 e. The van der Waals surface area contributed by atoms with E-state index in [0.717, 1.165) is 25.1 Å². The van der Waals surface area contributed by atoms with E-state index >= 15 is 0 Å². The summed E-state index contributed by atoms with van der Waals surface area (Å²) in [4.78, 5) is 22.5. The maximum atomic E-state index is 12.1. The van der Waals surface area contributed by atoms with E-state index in [-0.39, 0.29) is 23.7 Å². The Morgan fingerprint density at radius 2 is 2.24 bits per heavy atom. The third kappa shape index (κ3) is 4.80. The monoisotopic (exact) mass is 375 g/mol. The fourth-order valence-electron chi connectivity index (χ4n) is 1.97. The molecule has 1 aromatic rings. The van der Waals surface area contributed by atoms with Crippen molar-refractivity contribution in [3.8, 4) is 0 Å². The van der Waals surface area contributed by atoms with E-state index in [1.807, 2.05) is 6.08 Å². The number of carbonyl (C=O) groups excluding carboxylic acids is 1. The lowest BCUT2D eigenvalue weighted by atomic mass is 10.1. The Morgan fingerprint density at radius 3 is 2.86 bits per heavy atom. The van der Waals surface area contributed by atoms with Crippen LogP contribution in [0.3, 0.4) is 0 Å². The number of nitrogens with zero attached hydrogens (tertiary/aromatic N) is 1. The van der Waals surface area contributed by atoms with Gasteiger partial charge in [0.1, 0.15) is 5.56 Å². The molecule has 0 unspecified atom stereocenters. The Balaban J connectivity index is 0.00000220. The number of nitro benzene ring substituents is 1. The van der Waals surface area contributed by atoms with E-state index in [1.54, 1.807) is 6.07 Å². The molecule has 6 nitrogen and oxygen atoms in total. The molecule has 0 aromatic heterocycles. The summed E-state index contributed by atoms with van der Waals surface area (Å²) in [6, 6.07) is 4.40. The van der Waals surface area contributed by atoms with Gasteiger partial charge in [0.05, 0.1) is 4.92 Å². The molecule has 1 amide bonds. The predicted octanol–water partition coefficient (Wildman–Crippen LogP) is 2.43. The molecule has 0 aliphatic carbocycles. The van der Waals surface area contributed by atoms with Gasteiger partial charge in [0.15, 0.2) is 0 Å². The molecular formula is C13H15BrClN3O3. The maximum absolute atomic E-state index is 12.1. The van der Waals surface area contributed by atoms with E-state index in [9.17, 15) is 14.9 Å². The summed E-state index contributed by atoms with van der Waals surface area (Å²) in [5, 5.41) is 16.9. The lowest BCUT2D eigenvalue weighted by Gasteiger charge is -2.14. The summed E-state index contributed by atoms with van der Waals surface area (Å²) in [5.41, 5.74) is 1.01. The molecule has 21 heavy (non-hydrogen) atoms. The van der Waals surface area contributed by atoms with Gasteiger partial charge in [0, 0.05) is 23.6 Å². The third-order valence-electron chi connectivity index (χ3n) is 3.04. The Hall–Kier alpha value is -1.44. The van der Waals surface area contributed by atoms with Gasteiger partial charge in [-0.15, -0.1) is 12.4 Å². The zero-order chi connectivity index (χ0) is 14.5. The summed E-state index contributed by atoms with van der Waals surface area (Å²) in [6.45, 7) is 2.11. The molecule has 0 radical (unpaired) electrons. The van der Waals surface area contributed by atoms with Gasteiger partial charge < -0.3 is 10.6 Å². The molecule has 0 bridgehead atoms. The van der Waals surface area contributed by atoms with Gasteiger partial charge in [-0.25, -0.2) is 0 Å². The first kappa shape index (κ1) is 17.6. The van der Waals surface area contributed by atoms with Crippen LogP contribution in [0.2, 0.25) is 0 Å². The number of nitro groups is 1. The minimum atomic E-state index is -0.552. The van der Waals surface area contributed by atoms with Crippen LogP contribution >= 0.6 is 28.3 Å². The van der Waals surface area contributed by atoms with Crippen molar-refractivity contribution in [1.82, 2.24) is 10.6 Å². The number of amides is 1. The highest BCUT2D eigenvalue weighted by atomic mass is 79.9. The predicted molar refractivity (Wildman–Crippen MR) is 85.9 cm³/mol. The number of halogens is 2. The third-order valence-corrected chi connectivity index (χ3v) is 3.53. The van der Waals surface area contributed by atoms with Crippen molar-refractivity contribution in [1.29, 1.82) is 0 Å². The maximum Gasteiger partial charge on any atom is 0.283 e. The molecule has 0 saturated carbocycles. The molecule has 0 fully saturated rings. The summed E-state index contributed by atoms with van der Waals surface area (Å²) >= 11 is 3.16. The van der Waals surface area contributed by atoms with Crippen molar-refractivity contribution in [3.05, 3.63) is 50.0 Å². The van der Waals surface area contributed by atoms with E-state index in [0.29, 0.717) is 11.0 Å². The summed E-state index contributed by atoms with van der Waals surface area (Å²) in [5.74, 6) is -0.427. The molecule has 2 rings (SSSR count).